The molecule has 0 saturated carbocycles. The molecule has 106 valence electrons. The topological polar surface area (TPSA) is 23.5 Å². The zero-order chi connectivity index (χ0) is 13.8. The maximum Gasteiger partial charge on any atom is 0.123 e. The molecule has 0 aliphatic carbocycles. The van der Waals surface area contributed by atoms with Gasteiger partial charge in [0.25, 0.3) is 0 Å². The second-order valence-electron chi connectivity index (χ2n) is 5.76. The minimum absolute atomic E-state index is 0.281. The van der Waals surface area contributed by atoms with Crippen molar-refractivity contribution in [2.75, 3.05) is 13.1 Å². The number of nitrogens with zero attached hydrogens (tertiary/aromatic N) is 1. The number of aliphatic hydroxyl groups excluding tert-OH is 1. The molecule has 1 aliphatic heterocycles. The Kier molecular flexibility index (Phi) is 4.94. The predicted molar refractivity (Wildman–Crippen MR) is 75.4 cm³/mol. The first-order valence-electron chi connectivity index (χ1n) is 7.25. The summed E-state index contributed by atoms with van der Waals surface area (Å²) in [5.74, 6) is 0.441. The summed E-state index contributed by atoms with van der Waals surface area (Å²) in [6.45, 7) is 6.54. The highest BCUT2D eigenvalue weighted by Gasteiger charge is 2.24. The van der Waals surface area contributed by atoms with Gasteiger partial charge in [-0.05, 0) is 56.3 Å². The van der Waals surface area contributed by atoms with Gasteiger partial charge in [-0.25, -0.2) is 4.39 Å². The van der Waals surface area contributed by atoms with Crippen LogP contribution in [0.25, 0.3) is 0 Å². The van der Waals surface area contributed by atoms with Gasteiger partial charge in [-0.3, -0.25) is 0 Å². The van der Waals surface area contributed by atoms with Gasteiger partial charge in [0.15, 0.2) is 0 Å². The second kappa shape index (κ2) is 6.49. The van der Waals surface area contributed by atoms with Gasteiger partial charge in [0, 0.05) is 12.6 Å². The summed E-state index contributed by atoms with van der Waals surface area (Å²) in [5, 5.41) is 10.1. The van der Waals surface area contributed by atoms with Crippen LogP contribution in [0.1, 0.15) is 44.8 Å². The summed E-state index contributed by atoms with van der Waals surface area (Å²) in [6, 6.07) is 6.85. The third-order valence-corrected chi connectivity index (χ3v) is 4.43. The van der Waals surface area contributed by atoms with Gasteiger partial charge in [0.1, 0.15) is 5.82 Å². The van der Waals surface area contributed by atoms with Crippen LogP contribution in [-0.4, -0.2) is 29.1 Å². The Labute approximate surface area is 115 Å². The normalized spacial score (nSPS) is 26.3. The van der Waals surface area contributed by atoms with Crippen molar-refractivity contribution in [3.63, 3.8) is 0 Å². The SMILES string of the molecule is CC1CCCN(CCC(O)c2cccc(F)c2)C1C. The smallest absolute Gasteiger partial charge is 0.123 e. The highest BCUT2D eigenvalue weighted by molar-refractivity contribution is 5.18. The van der Waals surface area contributed by atoms with E-state index in [1.54, 1.807) is 12.1 Å². The largest absolute Gasteiger partial charge is 0.388 e. The minimum Gasteiger partial charge on any atom is -0.388 e. The third kappa shape index (κ3) is 3.77. The standard InChI is InChI=1S/C16H24FNO/c1-12-5-4-9-18(13(12)2)10-8-16(19)14-6-3-7-15(17)11-14/h3,6-7,11-13,16,19H,4-5,8-10H2,1-2H3. The average Bonchev–Trinajstić information content (AvgIpc) is 2.40. The van der Waals surface area contributed by atoms with Gasteiger partial charge < -0.3 is 10.0 Å². The molecule has 1 aromatic carbocycles. The Balaban J connectivity index is 1.88. The summed E-state index contributed by atoms with van der Waals surface area (Å²) >= 11 is 0. The number of rotatable bonds is 4. The number of benzene rings is 1. The number of aliphatic hydroxyl groups is 1. The summed E-state index contributed by atoms with van der Waals surface area (Å²) in [5.41, 5.74) is 0.678. The summed E-state index contributed by atoms with van der Waals surface area (Å²) in [4.78, 5) is 2.44. The van der Waals surface area contributed by atoms with E-state index >= 15 is 0 Å². The lowest BCUT2D eigenvalue weighted by Gasteiger charge is -2.38. The van der Waals surface area contributed by atoms with Crippen LogP contribution in [0.2, 0.25) is 0 Å². The van der Waals surface area contributed by atoms with E-state index in [2.05, 4.69) is 18.7 Å². The van der Waals surface area contributed by atoms with Gasteiger partial charge >= 0.3 is 0 Å². The number of hydrogen-bond acceptors (Lipinski definition) is 2. The quantitative estimate of drug-likeness (QED) is 0.902. The molecule has 3 heteroatoms. The summed E-state index contributed by atoms with van der Waals surface area (Å²) < 4.78 is 13.1. The molecule has 19 heavy (non-hydrogen) atoms. The second-order valence-corrected chi connectivity index (χ2v) is 5.76. The highest BCUT2D eigenvalue weighted by atomic mass is 19.1. The molecule has 0 spiro atoms. The molecule has 1 N–H and O–H groups in total. The van der Waals surface area contributed by atoms with Crippen molar-refractivity contribution >= 4 is 0 Å². The average molecular weight is 265 g/mol. The third-order valence-electron chi connectivity index (χ3n) is 4.43. The maximum atomic E-state index is 13.1. The van der Waals surface area contributed by atoms with Crippen molar-refractivity contribution in [2.45, 2.75) is 45.3 Å². The fourth-order valence-electron chi connectivity index (χ4n) is 2.91. The van der Waals surface area contributed by atoms with Crippen molar-refractivity contribution < 1.29 is 9.50 Å². The molecule has 0 radical (unpaired) electrons. The van der Waals surface area contributed by atoms with E-state index in [9.17, 15) is 9.50 Å². The molecule has 1 fully saturated rings. The van der Waals surface area contributed by atoms with E-state index in [1.807, 2.05) is 0 Å². The zero-order valence-corrected chi connectivity index (χ0v) is 11.8. The Bertz CT molecular complexity index is 409. The number of hydrogen-bond donors (Lipinski definition) is 1. The van der Waals surface area contributed by atoms with Crippen LogP contribution in [0.5, 0.6) is 0 Å². The van der Waals surface area contributed by atoms with E-state index in [-0.39, 0.29) is 5.82 Å². The van der Waals surface area contributed by atoms with Crippen LogP contribution >= 0.6 is 0 Å². The van der Waals surface area contributed by atoms with Crippen LogP contribution in [0, 0.1) is 11.7 Å². The first-order chi connectivity index (χ1) is 9.08. The van der Waals surface area contributed by atoms with E-state index in [4.69, 9.17) is 0 Å². The minimum atomic E-state index is -0.569. The lowest BCUT2D eigenvalue weighted by molar-refractivity contribution is 0.0839. The molecule has 2 nitrogen and oxygen atoms in total. The van der Waals surface area contributed by atoms with Crippen molar-refractivity contribution in [3.05, 3.63) is 35.6 Å². The monoisotopic (exact) mass is 265 g/mol. The maximum absolute atomic E-state index is 13.1. The molecule has 0 amide bonds. The zero-order valence-electron chi connectivity index (χ0n) is 11.8. The van der Waals surface area contributed by atoms with Gasteiger partial charge in [-0.15, -0.1) is 0 Å². The van der Waals surface area contributed by atoms with Crippen LogP contribution in [0.15, 0.2) is 24.3 Å². The molecule has 1 saturated heterocycles. The molecular weight excluding hydrogens is 241 g/mol. The number of halogens is 1. The molecule has 3 atom stereocenters. The van der Waals surface area contributed by atoms with Gasteiger partial charge in [-0.2, -0.15) is 0 Å². The Morgan fingerprint density at radius 3 is 2.95 bits per heavy atom. The van der Waals surface area contributed by atoms with Gasteiger partial charge in [-0.1, -0.05) is 19.1 Å². The Hall–Kier alpha value is -0.930. The van der Waals surface area contributed by atoms with Crippen LogP contribution in [0.3, 0.4) is 0 Å². The molecule has 2 rings (SSSR count). The molecule has 1 aromatic rings. The molecule has 0 bridgehead atoms. The molecule has 1 aliphatic rings. The molecular formula is C16H24FNO. The number of piperidine rings is 1. The lowest BCUT2D eigenvalue weighted by Crippen LogP contribution is -2.43. The van der Waals surface area contributed by atoms with E-state index < -0.39 is 6.10 Å². The molecule has 3 unspecified atom stereocenters. The van der Waals surface area contributed by atoms with Crippen molar-refractivity contribution in [2.24, 2.45) is 5.92 Å². The van der Waals surface area contributed by atoms with E-state index in [1.165, 1.54) is 25.0 Å². The van der Waals surface area contributed by atoms with Gasteiger partial charge in [0.2, 0.25) is 0 Å². The van der Waals surface area contributed by atoms with Gasteiger partial charge in [0.05, 0.1) is 6.10 Å². The summed E-state index contributed by atoms with van der Waals surface area (Å²) in [6.07, 6.45) is 2.63. The van der Waals surface area contributed by atoms with E-state index in [0.29, 0.717) is 18.0 Å². The lowest BCUT2D eigenvalue weighted by atomic mass is 9.91. The van der Waals surface area contributed by atoms with Crippen LogP contribution < -0.4 is 0 Å². The van der Waals surface area contributed by atoms with Crippen molar-refractivity contribution in [1.82, 2.24) is 4.90 Å². The Morgan fingerprint density at radius 2 is 2.21 bits per heavy atom. The molecule has 0 aromatic heterocycles. The summed E-state index contributed by atoms with van der Waals surface area (Å²) in [7, 11) is 0. The van der Waals surface area contributed by atoms with Crippen LogP contribution in [-0.2, 0) is 0 Å². The number of likely N-dealkylation sites (tertiary alicyclic amines) is 1. The molecule has 1 heterocycles. The van der Waals surface area contributed by atoms with Crippen molar-refractivity contribution in [3.8, 4) is 0 Å². The first kappa shape index (κ1) is 14.5. The predicted octanol–water partition coefficient (Wildman–Crippen LogP) is 3.37. The van der Waals surface area contributed by atoms with E-state index in [0.717, 1.165) is 19.0 Å². The first-order valence-corrected chi connectivity index (χ1v) is 7.25. The highest BCUT2D eigenvalue weighted by Crippen LogP contribution is 2.25. The fraction of sp³-hybridized carbons (Fsp3) is 0.625. The fourth-order valence-corrected chi connectivity index (χ4v) is 2.91. The van der Waals surface area contributed by atoms with Crippen LogP contribution in [0.4, 0.5) is 4.39 Å². The van der Waals surface area contributed by atoms with Crippen molar-refractivity contribution in [1.29, 1.82) is 0 Å². The Morgan fingerprint density at radius 1 is 1.42 bits per heavy atom.